The van der Waals surface area contributed by atoms with Crippen LogP contribution in [-0.2, 0) is 4.79 Å². The Morgan fingerprint density at radius 3 is 2.82 bits per heavy atom. The fourth-order valence-corrected chi connectivity index (χ4v) is 6.94. The molecule has 22 heavy (non-hydrogen) atoms. The average molecular weight is 298 g/mol. The lowest BCUT2D eigenvalue weighted by Crippen LogP contribution is -2.49. The molecule has 4 aliphatic rings. The Bertz CT molecular complexity index is 544. The van der Waals surface area contributed by atoms with E-state index in [2.05, 4.69) is 26.5 Å². The zero-order valence-corrected chi connectivity index (χ0v) is 14.2. The van der Waals surface area contributed by atoms with Gasteiger partial charge in [-0.15, -0.1) is 0 Å². The minimum atomic E-state index is 0.114. The summed E-state index contributed by atoms with van der Waals surface area (Å²) in [6.07, 6.45) is 14.2. The van der Waals surface area contributed by atoms with Gasteiger partial charge in [-0.2, -0.15) is 0 Å². The first-order valence-corrected chi connectivity index (χ1v) is 9.33. The molecule has 0 aromatic carbocycles. The molecule has 1 nitrogen and oxygen atoms in total. The van der Waals surface area contributed by atoms with Crippen molar-refractivity contribution in [2.24, 2.45) is 34.5 Å². The van der Waals surface area contributed by atoms with Crippen LogP contribution in [-0.4, -0.2) is 6.29 Å². The van der Waals surface area contributed by atoms with Gasteiger partial charge >= 0.3 is 0 Å². The lowest BCUT2D eigenvalue weighted by atomic mass is 9.47. The van der Waals surface area contributed by atoms with Crippen molar-refractivity contribution in [1.82, 2.24) is 0 Å². The van der Waals surface area contributed by atoms with Crippen LogP contribution in [0.15, 0.2) is 23.8 Å². The molecule has 3 fully saturated rings. The van der Waals surface area contributed by atoms with E-state index >= 15 is 0 Å². The van der Waals surface area contributed by atoms with Gasteiger partial charge in [0.2, 0.25) is 0 Å². The van der Waals surface area contributed by atoms with E-state index in [1.165, 1.54) is 56.8 Å². The van der Waals surface area contributed by atoms with Crippen LogP contribution in [0.4, 0.5) is 0 Å². The maximum absolute atomic E-state index is 11.7. The molecule has 0 bridgehead atoms. The molecular weight excluding hydrogens is 268 g/mol. The number of aldehydes is 1. The van der Waals surface area contributed by atoms with E-state index in [9.17, 15) is 4.79 Å². The molecule has 1 unspecified atom stereocenters. The highest BCUT2D eigenvalue weighted by atomic mass is 16.1. The van der Waals surface area contributed by atoms with Gasteiger partial charge in [0.15, 0.2) is 0 Å². The summed E-state index contributed by atoms with van der Waals surface area (Å²) in [6.45, 7) is 9.20. The van der Waals surface area contributed by atoms with E-state index in [0.717, 1.165) is 18.3 Å². The van der Waals surface area contributed by atoms with Gasteiger partial charge in [0.25, 0.3) is 0 Å². The van der Waals surface area contributed by atoms with E-state index in [0.29, 0.717) is 11.3 Å². The Labute approximate surface area is 135 Å². The van der Waals surface area contributed by atoms with Crippen LogP contribution < -0.4 is 0 Å². The van der Waals surface area contributed by atoms with Gasteiger partial charge in [-0.1, -0.05) is 44.1 Å². The van der Waals surface area contributed by atoms with Crippen molar-refractivity contribution in [1.29, 1.82) is 0 Å². The smallest absolute Gasteiger partial charge is 0.127 e. The number of hydrogen-bond acceptors (Lipinski definition) is 1. The first-order chi connectivity index (χ1) is 10.5. The summed E-state index contributed by atoms with van der Waals surface area (Å²) >= 11 is 0. The number of carbonyl (C=O) groups excluding carboxylic acids is 1. The molecule has 0 N–H and O–H groups in total. The number of rotatable bonds is 1. The number of allylic oxidation sites excluding steroid dienone is 3. The summed E-state index contributed by atoms with van der Waals surface area (Å²) in [5.74, 6) is 2.44. The third kappa shape index (κ3) is 1.74. The molecule has 0 aromatic heterocycles. The van der Waals surface area contributed by atoms with Crippen LogP contribution in [0.2, 0.25) is 0 Å². The lowest BCUT2D eigenvalue weighted by Gasteiger charge is -2.57. The van der Waals surface area contributed by atoms with E-state index in [-0.39, 0.29) is 11.3 Å². The highest BCUT2D eigenvalue weighted by molar-refractivity contribution is 5.62. The molecule has 0 aliphatic heterocycles. The summed E-state index contributed by atoms with van der Waals surface area (Å²) in [6, 6.07) is 0. The SMILES string of the molecule is C=C1C[C@H]2[C@@H]3CC=C4CCCC[C@]4(C)[C@H]3CC[C@]2(C)C1C=O. The van der Waals surface area contributed by atoms with Gasteiger partial charge in [-0.25, -0.2) is 0 Å². The van der Waals surface area contributed by atoms with Gasteiger partial charge in [0.1, 0.15) is 6.29 Å². The van der Waals surface area contributed by atoms with E-state index < -0.39 is 0 Å². The molecule has 0 amide bonds. The summed E-state index contributed by atoms with van der Waals surface area (Å²) in [5, 5.41) is 0. The van der Waals surface area contributed by atoms with Crippen molar-refractivity contribution in [3.05, 3.63) is 23.8 Å². The minimum absolute atomic E-state index is 0.114. The maximum Gasteiger partial charge on any atom is 0.127 e. The summed E-state index contributed by atoms with van der Waals surface area (Å²) in [7, 11) is 0. The van der Waals surface area contributed by atoms with Crippen LogP contribution in [0.1, 0.15) is 65.2 Å². The molecule has 120 valence electrons. The van der Waals surface area contributed by atoms with Crippen LogP contribution >= 0.6 is 0 Å². The third-order valence-electron chi connectivity index (χ3n) is 8.22. The monoisotopic (exact) mass is 298 g/mol. The van der Waals surface area contributed by atoms with Crippen molar-refractivity contribution < 1.29 is 4.79 Å². The topological polar surface area (TPSA) is 17.1 Å². The molecule has 6 atom stereocenters. The number of fused-ring (bicyclic) bond motifs is 5. The second-order valence-electron chi connectivity index (χ2n) is 8.99. The molecule has 4 rings (SSSR count). The normalized spacial score (nSPS) is 50.6. The van der Waals surface area contributed by atoms with Crippen LogP contribution in [0, 0.1) is 34.5 Å². The molecular formula is C21H30O. The van der Waals surface area contributed by atoms with Crippen molar-refractivity contribution in [3.8, 4) is 0 Å². The van der Waals surface area contributed by atoms with Crippen LogP contribution in [0.5, 0.6) is 0 Å². The van der Waals surface area contributed by atoms with Crippen molar-refractivity contribution in [2.75, 3.05) is 0 Å². The lowest BCUT2D eigenvalue weighted by molar-refractivity contribution is -0.116. The minimum Gasteiger partial charge on any atom is -0.303 e. The molecule has 0 saturated heterocycles. The molecule has 0 spiro atoms. The molecule has 0 radical (unpaired) electrons. The molecule has 3 saturated carbocycles. The Balaban J connectivity index is 1.71. The standard InChI is InChI=1S/C21H30O/c1-14-12-18-16-8-7-15-6-4-5-10-20(15,2)17(16)9-11-21(18,3)19(14)13-22/h7,13,16-19H,1,4-6,8-12H2,2-3H3/t16-,17+,18+,19?,20+,21+/m1/s1. The number of carbonyl (C=O) groups is 1. The molecule has 0 heterocycles. The Morgan fingerprint density at radius 2 is 2.05 bits per heavy atom. The van der Waals surface area contributed by atoms with Crippen LogP contribution in [0.25, 0.3) is 0 Å². The van der Waals surface area contributed by atoms with Gasteiger partial charge < -0.3 is 4.79 Å². The summed E-state index contributed by atoms with van der Waals surface area (Å²) in [5.41, 5.74) is 3.64. The first kappa shape index (κ1) is 14.7. The second kappa shape index (κ2) is 4.82. The molecule has 1 heteroatoms. The predicted octanol–water partition coefficient (Wildman–Crippen LogP) is 5.32. The van der Waals surface area contributed by atoms with Gasteiger partial charge in [-0.05, 0) is 73.5 Å². The Hall–Kier alpha value is -0.850. The number of hydrogen-bond donors (Lipinski definition) is 0. The fraction of sp³-hybridized carbons (Fsp3) is 0.762. The zero-order valence-electron chi connectivity index (χ0n) is 14.2. The van der Waals surface area contributed by atoms with Gasteiger partial charge in [0, 0.05) is 5.92 Å². The predicted molar refractivity (Wildman–Crippen MR) is 90.4 cm³/mol. The highest BCUT2D eigenvalue weighted by Crippen LogP contribution is 2.66. The van der Waals surface area contributed by atoms with Crippen molar-refractivity contribution in [2.45, 2.75) is 65.2 Å². The van der Waals surface area contributed by atoms with Crippen LogP contribution in [0.3, 0.4) is 0 Å². The maximum atomic E-state index is 11.7. The largest absolute Gasteiger partial charge is 0.303 e. The fourth-order valence-electron chi connectivity index (χ4n) is 6.94. The third-order valence-corrected chi connectivity index (χ3v) is 8.22. The quantitative estimate of drug-likeness (QED) is 0.473. The second-order valence-corrected chi connectivity index (χ2v) is 8.99. The van der Waals surface area contributed by atoms with E-state index in [1.54, 1.807) is 5.57 Å². The van der Waals surface area contributed by atoms with Gasteiger partial charge in [-0.3, -0.25) is 0 Å². The summed E-state index contributed by atoms with van der Waals surface area (Å²) in [4.78, 5) is 11.7. The highest BCUT2D eigenvalue weighted by Gasteiger charge is 2.59. The Morgan fingerprint density at radius 1 is 1.23 bits per heavy atom. The van der Waals surface area contributed by atoms with Gasteiger partial charge in [0.05, 0.1) is 0 Å². The summed E-state index contributed by atoms with van der Waals surface area (Å²) < 4.78 is 0. The molecule has 4 aliphatic carbocycles. The Kier molecular flexibility index (Phi) is 3.23. The van der Waals surface area contributed by atoms with E-state index in [1.807, 2.05) is 0 Å². The van der Waals surface area contributed by atoms with Crippen molar-refractivity contribution in [3.63, 3.8) is 0 Å². The van der Waals surface area contributed by atoms with E-state index in [4.69, 9.17) is 0 Å². The average Bonchev–Trinajstić information content (AvgIpc) is 2.76. The zero-order chi connectivity index (χ0) is 15.5. The molecule has 0 aromatic rings. The van der Waals surface area contributed by atoms with Crippen molar-refractivity contribution >= 4 is 6.29 Å². The first-order valence-electron chi connectivity index (χ1n) is 9.33.